The van der Waals surface area contributed by atoms with Crippen LogP contribution in [0.5, 0.6) is 0 Å². The minimum absolute atomic E-state index is 0.370. The van der Waals surface area contributed by atoms with Crippen molar-refractivity contribution in [3.63, 3.8) is 0 Å². The normalized spacial score (nSPS) is 12.2. The SMILES string of the molecule is CSc1nc(NN)cc(NCC(C)(C)NS(C)(=O)=O)n1. The Hall–Kier alpha value is -1.10. The fourth-order valence-corrected chi connectivity index (χ4v) is 2.99. The van der Waals surface area contributed by atoms with Gasteiger partial charge in [-0.2, -0.15) is 0 Å². The highest BCUT2D eigenvalue weighted by molar-refractivity contribution is 7.98. The third-order valence-corrected chi connectivity index (χ3v) is 3.68. The topological polar surface area (TPSA) is 122 Å². The molecule has 1 aromatic heterocycles. The lowest BCUT2D eigenvalue weighted by Crippen LogP contribution is -2.47. The molecule has 8 nitrogen and oxygen atoms in total. The van der Waals surface area contributed by atoms with Crippen LogP contribution in [-0.4, -0.2) is 43.0 Å². The second-order valence-electron chi connectivity index (χ2n) is 4.88. The van der Waals surface area contributed by atoms with Gasteiger partial charge in [-0.15, -0.1) is 0 Å². The molecule has 0 spiro atoms. The molecule has 0 atom stereocenters. The molecule has 0 unspecified atom stereocenters. The second kappa shape index (κ2) is 6.57. The molecule has 1 aromatic rings. The van der Waals surface area contributed by atoms with E-state index in [1.165, 1.54) is 11.8 Å². The van der Waals surface area contributed by atoms with E-state index in [1.807, 2.05) is 6.26 Å². The smallest absolute Gasteiger partial charge is 0.209 e. The Labute approximate surface area is 123 Å². The number of rotatable bonds is 7. The first-order valence-corrected chi connectivity index (χ1v) is 8.89. The van der Waals surface area contributed by atoms with Crippen molar-refractivity contribution in [2.75, 3.05) is 29.8 Å². The number of nitrogens with two attached hydrogens (primary N) is 1. The van der Waals surface area contributed by atoms with Crippen LogP contribution in [-0.2, 0) is 10.0 Å². The molecular weight excluding hydrogens is 300 g/mol. The van der Waals surface area contributed by atoms with E-state index in [4.69, 9.17) is 5.84 Å². The first-order valence-electron chi connectivity index (χ1n) is 5.78. The highest BCUT2D eigenvalue weighted by Crippen LogP contribution is 2.17. The first-order chi connectivity index (χ1) is 9.15. The lowest BCUT2D eigenvalue weighted by atomic mass is 10.1. The summed E-state index contributed by atoms with van der Waals surface area (Å²) in [5.74, 6) is 6.40. The molecule has 0 bridgehead atoms. The summed E-state index contributed by atoms with van der Waals surface area (Å²) >= 11 is 1.39. The number of hydrogen-bond donors (Lipinski definition) is 4. The van der Waals surface area contributed by atoms with E-state index in [0.29, 0.717) is 23.3 Å². The molecule has 5 N–H and O–H groups in total. The maximum Gasteiger partial charge on any atom is 0.209 e. The second-order valence-corrected chi connectivity index (χ2v) is 7.40. The van der Waals surface area contributed by atoms with Crippen LogP contribution in [0.15, 0.2) is 11.2 Å². The largest absolute Gasteiger partial charge is 0.368 e. The summed E-state index contributed by atoms with van der Waals surface area (Å²) in [4.78, 5) is 8.41. The van der Waals surface area contributed by atoms with E-state index >= 15 is 0 Å². The van der Waals surface area contributed by atoms with Gasteiger partial charge in [0.2, 0.25) is 10.0 Å². The van der Waals surface area contributed by atoms with Crippen LogP contribution in [0, 0.1) is 0 Å². The summed E-state index contributed by atoms with van der Waals surface area (Å²) in [6.07, 6.45) is 2.98. The molecular formula is C10H20N6O2S2. The molecule has 0 saturated heterocycles. The van der Waals surface area contributed by atoms with Gasteiger partial charge in [0.25, 0.3) is 0 Å². The van der Waals surface area contributed by atoms with Gasteiger partial charge in [0, 0.05) is 18.2 Å². The Balaban J connectivity index is 2.78. The number of hydrogen-bond acceptors (Lipinski definition) is 8. The predicted molar refractivity (Wildman–Crippen MR) is 82.2 cm³/mol. The van der Waals surface area contributed by atoms with Gasteiger partial charge in [0.1, 0.15) is 11.6 Å². The standard InChI is InChI=1S/C10H20N6O2S2/c1-10(2,16-20(4,17)18)6-12-7-5-8(15-11)14-9(13-7)19-3/h5,16H,6,11H2,1-4H3,(H2,12,13,14,15). The molecule has 0 aliphatic heterocycles. The van der Waals surface area contributed by atoms with Crippen LogP contribution in [0.2, 0.25) is 0 Å². The number of aromatic nitrogens is 2. The van der Waals surface area contributed by atoms with Gasteiger partial charge in [-0.25, -0.2) is 29.0 Å². The van der Waals surface area contributed by atoms with Crippen molar-refractivity contribution in [1.82, 2.24) is 14.7 Å². The summed E-state index contributed by atoms with van der Waals surface area (Å²) in [7, 11) is -3.27. The van der Waals surface area contributed by atoms with Crippen molar-refractivity contribution < 1.29 is 8.42 Å². The van der Waals surface area contributed by atoms with E-state index in [9.17, 15) is 8.42 Å². The van der Waals surface area contributed by atoms with Crippen molar-refractivity contribution in [3.05, 3.63) is 6.07 Å². The number of anilines is 2. The van der Waals surface area contributed by atoms with E-state index in [0.717, 1.165) is 6.26 Å². The highest BCUT2D eigenvalue weighted by Gasteiger charge is 2.22. The van der Waals surface area contributed by atoms with E-state index in [1.54, 1.807) is 19.9 Å². The zero-order valence-corrected chi connectivity index (χ0v) is 13.5. The number of hydrazine groups is 1. The van der Waals surface area contributed by atoms with E-state index < -0.39 is 15.6 Å². The van der Waals surface area contributed by atoms with Gasteiger partial charge >= 0.3 is 0 Å². The fraction of sp³-hybridized carbons (Fsp3) is 0.600. The molecule has 1 rings (SSSR count). The number of nitrogen functional groups attached to an aromatic ring is 1. The Bertz CT molecular complexity index is 539. The van der Waals surface area contributed by atoms with Gasteiger partial charge < -0.3 is 10.7 Å². The van der Waals surface area contributed by atoms with Crippen molar-refractivity contribution in [2.45, 2.75) is 24.5 Å². The van der Waals surface area contributed by atoms with Crippen LogP contribution in [0.25, 0.3) is 0 Å². The third kappa shape index (κ3) is 5.90. The Kier molecular flexibility index (Phi) is 5.57. The molecule has 0 aliphatic carbocycles. The summed E-state index contributed by atoms with van der Waals surface area (Å²) < 4.78 is 25.1. The Morgan fingerprint density at radius 3 is 2.45 bits per heavy atom. The minimum atomic E-state index is -3.27. The predicted octanol–water partition coefficient (Wildman–Crippen LogP) is 0.224. The highest BCUT2D eigenvalue weighted by atomic mass is 32.2. The monoisotopic (exact) mass is 320 g/mol. The Morgan fingerprint density at radius 1 is 1.35 bits per heavy atom. The van der Waals surface area contributed by atoms with Gasteiger partial charge in [0.05, 0.1) is 6.26 Å². The van der Waals surface area contributed by atoms with Gasteiger partial charge in [0.15, 0.2) is 5.16 Å². The van der Waals surface area contributed by atoms with Gasteiger partial charge in [-0.3, -0.25) is 0 Å². The summed E-state index contributed by atoms with van der Waals surface area (Å²) in [5.41, 5.74) is 1.82. The van der Waals surface area contributed by atoms with Crippen molar-refractivity contribution >= 4 is 33.4 Å². The van der Waals surface area contributed by atoms with Crippen LogP contribution >= 0.6 is 11.8 Å². The molecule has 0 amide bonds. The maximum absolute atomic E-state index is 11.3. The van der Waals surface area contributed by atoms with E-state index in [-0.39, 0.29) is 0 Å². The summed E-state index contributed by atoms with van der Waals surface area (Å²) in [6.45, 7) is 3.93. The molecule has 114 valence electrons. The third-order valence-electron chi connectivity index (χ3n) is 2.21. The van der Waals surface area contributed by atoms with E-state index in [2.05, 4.69) is 25.4 Å². The fourth-order valence-electron chi connectivity index (χ4n) is 1.53. The van der Waals surface area contributed by atoms with Crippen molar-refractivity contribution in [1.29, 1.82) is 0 Å². The average Bonchev–Trinajstić information content (AvgIpc) is 2.33. The first kappa shape index (κ1) is 17.0. The maximum atomic E-state index is 11.3. The summed E-state index contributed by atoms with van der Waals surface area (Å²) in [6, 6.07) is 1.65. The van der Waals surface area contributed by atoms with Gasteiger partial charge in [-0.05, 0) is 20.1 Å². The minimum Gasteiger partial charge on any atom is -0.368 e. The van der Waals surface area contributed by atoms with Gasteiger partial charge in [-0.1, -0.05) is 11.8 Å². The zero-order valence-electron chi connectivity index (χ0n) is 11.9. The molecule has 20 heavy (non-hydrogen) atoms. The number of sulfonamides is 1. The molecule has 0 aliphatic rings. The summed E-state index contributed by atoms with van der Waals surface area (Å²) in [5, 5.41) is 3.64. The number of nitrogens with one attached hydrogen (secondary N) is 3. The lowest BCUT2D eigenvalue weighted by molar-refractivity contribution is 0.475. The average molecular weight is 320 g/mol. The zero-order chi connectivity index (χ0) is 15.4. The Morgan fingerprint density at radius 2 is 1.95 bits per heavy atom. The molecule has 1 heterocycles. The molecule has 0 saturated carbocycles. The van der Waals surface area contributed by atoms with Crippen LogP contribution in [0.4, 0.5) is 11.6 Å². The molecule has 0 aromatic carbocycles. The van der Waals surface area contributed by atoms with Crippen LogP contribution < -0.4 is 21.3 Å². The molecule has 0 radical (unpaired) electrons. The lowest BCUT2D eigenvalue weighted by Gasteiger charge is -2.25. The van der Waals surface area contributed by atoms with Crippen molar-refractivity contribution in [2.24, 2.45) is 5.84 Å². The number of thioether (sulfide) groups is 1. The number of nitrogens with zero attached hydrogens (tertiary/aromatic N) is 2. The van der Waals surface area contributed by atoms with Crippen LogP contribution in [0.3, 0.4) is 0 Å². The van der Waals surface area contributed by atoms with Crippen LogP contribution in [0.1, 0.15) is 13.8 Å². The van der Waals surface area contributed by atoms with Crippen molar-refractivity contribution in [3.8, 4) is 0 Å². The molecule has 10 heteroatoms. The molecule has 0 fully saturated rings. The quantitative estimate of drug-likeness (QED) is 0.244.